The molecule has 0 spiro atoms. The monoisotopic (exact) mass is 384 g/mol. The van der Waals surface area contributed by atoms with Gasteiger partial charge in [-0.1, -0.05) is 12.7 Å². The Morgan fingerprint density at radius 3 is 2.79 bits per heavy atom. The van der Waals surface area contributed by atoms with Crippen LogP contribution in [0.2, 0.25) is 0 Å². The van der Waals surface area contributed by atoms with Crippen LogP contribution in [0.4, 0.5) is 8.78 Å². The quantitative estimate of drug-likeness (QED) is 0.769. The second-order valence-corrected chi connectivity index (χ2v) is 6.24. The predicted octanol–water partition coefficient (Wildman–Crippen LogP) is 2.79. The Balaban J connectivity index is 1.58. The highest BCUT2D eigenvalue weighted by molar-refractivity contribution is 5.93. The zero-order chi connectivity index (χ0) is 20.1. The maximum Gasteiger partial charge on any atom is 0.277 e. The van der Waals surface area contributed by atoms with Gasteiger partial charge in [-0.05, 0) is 48.7 Å². The molecule has 0 bridgehead atoms. The van der Waals surface area contributed by atoms with Crippen molar-refractivity contribution in [1.82, 2.24) is 15.5 Å². The molecule has 1 unspecified atom stereocenters. The van der Waals surface area contributed by atoms with E-state index in [4.69, 9.17) is 5.11 Å². The lowest BCUT2D eigenvalue weighted by Crippen LogP contribution is -2.23. The lowest BCUT2D eigenvalue weighted by Gasteiger charge is -2.07. The fraction of sp³-hybridized carbons (Fsp3) is 0.200. The van der Waals surface area contributed by atoms with Gasteiger partial charge in [-0.25, -0.2) is 13.8 Å². The van der Waals surface area contributed by atoms with Crippen molar-refractivity contribution < 1.29 is 18.7 Å². The van der Waals surface area contributed by atoms with Crippen molar-refractivity contribution in [3.05, 3.63) is 76.9 Å². The molecule has 0 saturated heterocycles. The van der Waals surface area contributed by atoms with Crippen molar-refractivity contribution in [1.29, 1.82) is 0 Å². The van der Waals surface area contributed by atoms with Gasteiger partial charge < -0.3 is 10.4 Å². The van der Waals surface area contributed by atoms with Crippen molar-refractivity contribution in [2.24, 2.45) is 10.9 Å². The number of amides is 1. The molecular formula is C20H18F2N4O2. The van der Waals surface area contributed by atoms with Crippen molar-refractivity contribution >= 4 is 18.2 Å². The Morgan fingerprint density at radius 1 is 1.29 bits per heavy atom. The number of aliphatic hydroxyl groups excluding tert-OH is 1. The third-order valence-corrected chi connectivity index (χ3v) is 4.24. The van der Waals surface area contributed by atoms with Crippen LogP contribution < -0.4 is 5.32 Å². The number of hydrogen-bond acceptors (Lipinski definition) is 5. The first kappa shape index (κ1) is 19.5. The maximum absolute atomic E-state index is 13.6. The minimum absolute atomic E-state index is 0.0431. The topological polar surface area (TPSA) is 87.5 Å². The summed E-state index contributed by atoms with van der Waals surface area (Å²) in [7, 11) is 0. The predicted molar refractivity (Wildman–Crippen MR) is 100 cm³/mol. The Hall–Kier alpha value is -3.26. The van der Waals surface area contributed by atoms with E-state index < -0.39 is 17.5 Å². The highest BCUT2D eigenvalue weighted by Gasteiger charge is 2.16. The van der Waals surface area contributed by atoms with Crippen LogP contribution in [0.1, 0.15) is 33.7 Å². The lowest BCUT2D eigenvalue weighted by atomic mass is 9.99. The van der Waals surface area contributed by atoms with Gasteiger partial charge in [-0.3, -0.25) is 4.79 Å². The lowest BCUT2D eigenvalue weighted by molar-refractivity contribution is 0.0959. The minimum atomic E-state index is -0.902. The van der Waals surface area contributed by atoms with Gasteiger partial charge >= 0.3 is 0 Å². The smallest absolute Gasteiger partial charge is 0.277 e. The molecular weight excluding hydrogens is 366 g/mol. The second kappa shape index (κ2) is 8.62. The number of aliphatic imine (C=N–C) groups is 1. The Bertz CT molecular complexity index is 955. The van der Waals surface area contributed by atoms with Crippen molar-refractivity contribution in [2.45, 2.75) is 19.4 Å². The van der Waals surface area contributed by atoms with Crippen molar-refractivity contribution in [3.8, 4) is 0 Å². The third kappa shape index (κ3) is 4.52. The van der Waals surface area contributed by atoms with E-state index in [0.29, 0.717) is 29.9 Å². The summed E-state index contributed by atoms with van der Waals surface area (Å²) >= 11 is 0. The number of allylic oxidation sites excluding steroid dienone is 1. The van der Waals surface area contributed by atoms with Crippen LogP contribution in [0.15, 0.2) is 47.7 Å². The SMILES string of the molecule is C=Cc1cc(CCC2C=NC(NC(=O)c3ccc(CO)nn3)=C2)cc(F)c1F. The molecule has 0 fully saturated rings. The first-order chi connectivity index (χ1) is 13.5. The Labute approximate surface area is 160 Å². The fourth-order valence-electron chi connectivity index (χ4n) is 2.74. The van der Waals surface area contributed by atoms with Crippen LogP contribution in [0, 0.1) is 17.6 Å². The van der Waals surface area contributed by atoms with Gasteiger partial charge in [0.25, 0.3) is 5.91 Å². The molecule has 1 aromatic carbocycles. The molecule has 0 aliphatic carbocycles. The van der Waals surface area contributed by atoms with Gasteiger partial charge in [-0.2, -0.15) is 5.10 Å². The first-order valence-electron chi connectivity index (χ1n) is 8.61. The summed E-state index contributed by atoms with van der Waals surface area (Å²) in [5, 5.41) is 19.0. The molecule has 2 heterocycles. The molecule has 28 heavy (non-hydrogen) atoms. The summed E-state index contributed by atoms with van der Waals surface area (Å²) in [5.41, 5.74) is 1.27. The van der Waals surface area contributed by atoms with E-state index in [2.05, 4.69) is 27.1 Å². The van der Waals surface area contributed by atoms with Crippen LogP contribution in [0.25, 0.3) is 6.08 Å². The number of benzene rings is 1. The van der Waals surface area contributed by atoms with E-state index in [1.54, 1.807) is 18.4 Å². The van der Waals surface area contributed by atoms with Gasteiger partial charge in [-0.15, -0.1) is 5.10 Å². The average molecular weight is 384 g/mol. The maximum atomic E-state index is 13.6. The van der Waals surface area contributed by atoms with Crippen LogP contribution in [0.3, 0.4) is 0 Å². The first-order valence-corrected chi connectivity index (χ1v) is 8.61. The van der Waals surface area contributed by atoms with Crippen molar-refractivity contribution in [3.63, 3.8) is 0 Å². The molecule has 8 heteroatoms. The standard InChI is InChI=1S/C20H18F2N4O2/c1-2-14-7-12(8-16(21)19(14)22)3-4-13-9-18(23-10-13)24-20(28)17-6-5-15(11-27)25-26-17/h2,5-10,13,27H,1,3-4,11H2,(H,24,28). The number of nitrogens with one attached hydrogen (secondary N) is 1. The Morgan fingerprint density at radius 2 is 2.11 bits per heavy atom. The van der Waals surface area contributed by atoms with Gasteiger partial charge in [0.2, 0.25) is 0 Å². The number of carbonyl (C=O) groups excluding carboxylic acids is 1. The van der Waals surface area contributed by atoms with E-state index in [0.717, 1.165) is 0 Å². The Kier molecular flexibility index (Phi) is 6.00. The largest absolute Gasteiger partial charge is 0.390 e. The van der Waals surface area contributed by atoms with E-state index in [-0.39, 0.29) is 23.8 Å². The molecule has 0 radical (unpaired) electrons. The summed E-state index contributed by atoms with van der Waals surface area (Å²) in [6.07, 6.45) is 5.88. The van der Waals surface area contributed by atoms with Crippen LogP contribution >= 0.6 is 0 Å². The number of aromatic nitrogens is 2. The van der Waals surface area contributed by atoms with Gasteiger partial charge in [0.15, 0.2) is 17.3 Å². The number of rotatable bonds is 7. The molecule has 1 aromatic heterocycles. The molecule has 0 saturated carbocycles. The normalized spacial score (nSPS) is 15.4. The van der Waals surface area contributed by atoms with E-state index >= 15 is 0 Å². The number of carbonyl (C=O) groups is 1. The summed E-state index contributed by atoms with van der Waals surface area (Å²) in [6, 6.07) is 5.72. The number of hydrogen-bond donors (Lipinski definition) is 2. The molecule has 2 aromatic rings. The van der Waals surface area contributed by atoms with Crippen LogP contribution in [-0.2, 0) is 13.0 Å². The summed E-state index contributed by atoms with van der Waals surface area (Å²) in [6.45, 7) is 3.23. The summed E-state index contributed by atoms with van der Waals surface area (Å²) in [5.74, 6) is -1.92. The van der Waals surface area contributed by atoms with Gasteiger partial charge in [0, 0.05) is 17.7 Å². The summed E-state index contributed by atoms with van der Waals surface area (Å²) in [4.78, 5) is 16.3. The minimum Gasteiger partial charge on any atom is -0.390 e. The van der Waals surface area contributed by atoms with Crippen molar-refractivity contribution in [2.75, 3.05) is 0 Å². The van der Waals surface area contributed by atoms with E-state index in [1.807, 2.05) is 0 Å². The third-order valence-electron chi connectivity index (χ3n) is 4.24. The molecule has 1 amide bonds. The zero-order valence-corrected chi connectivity index (χ0v) is 14.9. The van der Waals surface area contributed by atoms with Crippen LogP contribution in [0.5, 0.6) is 0 Å². The molecule has 1 aliphatic heterocycles. The highest BCUT2D eigenvalue weighted by atomic mass is 19.2. The van der Waals surface area contributed by atoms with Crippen LogP contribution in [-0.4, -0.2) is 27.4 Å². The van der Waals surface area contributed by atoms with E-state index in [9.17, 15) is 13.6 Å². The number of nitrogens with zero attached hydrogens (tertiary/aromatic N) is 3. The molecule has 144 valence electrons. The van der Waals surface area contributed by atoms with E-state index in [1.165, 1.54) is 24.3 Å². The molecule has 6 nitrogen and oxygen atoms in total. The number of halogens is 2. The fourth-order valence-corrected chi connectivity index (χ4v) is 2.74. The molecule has 3 rings (SSSR count). The highest BCUT2D eigenvalue weighted by Crippen LogP contribution is 2.20. The molecule has 1 atom stereocenters. The summed E-state index contributed by atoms with van der Waals surface area (Å²) < 4.78 is 27.1. The molecule has 1 aliphatic rings. The number of aryl methyl sites for hydroxylation is 1. The second-order valence-electron chi connectivity index (χ2n) is 6.24. The molecule has 2 N–H and O–H groups in total. The van der Waals surface area contributed by atoms with Gasteiger partial charge in [0.1, 0.15) is 5.82 Å². The van der Waals surface area contributed by atoms with Gasteiger partial charge in [0.05, 0.1) is 12.3 Å². The number of aliphatic hydroxyl groups is 1. The zero-order valence-electron chi connectivity index (χ0n) is 14.9. The average Bonchev–Trinajstić information content (AvgIpc) is 3.16.